The maximum atomic E-state index is 12.8. The van der Waals surface area contributed by atoms with E-state index in [1.807, 2.05) is 29.2 Å². The molecule has 3 heterocycles. The van der Waals surface area contributed by atoms with Crippen LogP contribution in [0.25, 0.3) is 11.4 Å². The second-order valence-electron chi connectivity index (χ2n) is 7.09. The molecule has 1 aromatic carbocycles. The molecule has 3 aromatic rings. The summed E-state index contributed by atoms with van der Waals surface area (Å²) in [5.74, 6) is 1.20. The minimum Gasteiger partial charge on any atom is -0.339 e. The fourth-order valence-corrected chi connectivity index (χ4v) is 3.72. The van der Waals surface area contributed by atoms with Gasteiger partial charge in [-0.25, -0.2) is 0 Å². The van der Waals surface area contributed by atoms with Crippen molar-refractivity contribution < 1.29 is 9.32 Å². The lowest BCUT2D eigenvalue weighted by Crippen LogP contribution is -2.30. The highest BCUT2D eigenvalue weighted by Gasteiger charge is 2.29. The molecule has 0 bridgehead atoms. The summed E-state index contributed by atoms with van der Waals surface area (Å²) in [5.41, 5.74) is 3.35. The maximum Gasteiger partial charge on any atom is 0.227 e. The Bertz CT molecular complexity index is 921. The molecular formula is C22H24N4O2. The number of carbonyl (C=O) groups excluding carboxylic acids is 1. The fourth-order valence-electron chi connectivity index (χ4n) is 3.72. The van der Waals surface area contributed by atoms with E-state index in [0.717, 1.165) is 36.9 Å². The number of likely N-dealkylation sites (tertiary alicyclic amines) is 1. The van der Waals surface area contributed by atoms with E-state index in [4.69, 9.17) is 4.52 Å². The quantitative estimate of drug-likeness (QED) is 0.650. The van der Waals surface area contributed by atoms with Crippen LogP contribution in [0.4, 0.5) is 0 Å². The van der Waals surface area contributed by atoms with Crippen LogP contribution in [-0.4, -0.2) is 32.5 Å². The Morgan fingerprint density at radius 3 is 2.71 bits per heavy atom. The second-order valence-corrected chi connectivity index (χ2v) is 7.09. The zero-order valence-electron chi connectivity index (χ0n) is 16.0. The highest BCUT2D eigenvalue weighted by Crippen LogP contribution is 2.32. The molecule has 28 heavy (non-hydrogen) atoms. The lowest BCUT2D eigenvalue weighted by molar-refractivity contribution is -0.132. The van der Waals surface area contributed by atoms with Crippen molar-refractivity contribution in [3.63, 3.8) is 0 Å². The summed E-state index contributed by atoms with van der Waals surface area (Å²) in [6.45, 7) is 2.92. The van der Waals surface area contributed by atoms with E-state index in [9.17, 15) is 4.79 Å². The van der Waals surface area contributed by atoms with Gasteiger partial charge in [0.2, 0.25) is 17.6 Å². The van der Waals surface area contributed by atoms with Crippen LogP contribution in [0.3, 0.4) is 0 Å². The molecular weight excluding hydrogens is 352 g/mol. The Morgan fingerprint density at radius 1 is 1.18 bits per heavy atom. The fraction of sp³-hybridized carbons (Fsp3) is 0.364. The van der Waals surface area contributed by atoms with Gasteiger partial charge in [-0.3, -0.25) is 9.78 Å². The summed E-state index contributed by atoms with van der Waals surface area (Å²) < 4.78 is 5.36. The number of nitrogens with zero attached hydrogens (tertiary/aromatic N) is 4. The van der Waals surface area contributed by atoms with Crippen molar-refractivity contribution >= 4 is 5.91 Å². The van der Waals surface area contributed by atoms with Crippen LogP contribution < -0.4 is 0 Å². The predicted molar refractivity (Wildman–Crippen MR) is 105 cm³/mol. The molecule has 2 aromatic heterocycles. The molecule has 1 unspecified atom stereocenters. The topological polar surface area (TPSA) is 72.1 Å². The van der Waals surface area contributed by atoms with E-state index in [2.05, 4.69) is 34.2 Å². The molecule has 0 spiro atoms. The molecule has 1 fully saturated rings. The molecule has 1 aliphatic heterocycles. The number of amides is 1. The van der Waals surface area contributed by atoms with Crippen LogP contribution in [-0.2, 0) is 17.6 Å². The van der Waals surface area contributed by atoms with E-state index >= 15 is 0 Å². The lowest BCUT2D eigenvalue weighted by Gasteiger charge is -2.24. The molecule has 1 amide bonds. The summed E-state index contributed by atoms with van der Waals surface area (Å²) in [4.78, 5) is 23.3. The third-order valence-electron chi connectivity index (χ3n) is 5.31. The van der Waals surface area contributed by atoms with E-state index in [1.54, 1.807) is 12.4 Å². The first-order valence-corrected chi connectivity index (χ1v) is 9.86. The maximum absolute atomic E-state index is 12.8. The molecule has 0 aliphatic carbocycles. The summed E-state index contributed by atoms with van der Waals surface area (Å²) in [6, 6.07) is 12.3. The smallest absolute Gasteiger partial charge is 0.227 e. The third-order valence-corrected chi connectivity index (χ3v) is 5.31. The van der Waals surface area contributed by atoms with Crippen molar-refractivity contribution in [3.05, 3.63) is 65.8 Å². The Morgan fingerprint density at radius 2 is 1.96 bits per heavy atom. The molecule has 1 saturated heterocycles. The number of pyridine rings is 1. The van der Waals surface area contributed by atoms with Crippen LogP contribution in [0, 0.1) is 0 Å². The average Bonchev–Trinajstić information content (AvgIpc) is 3.43. The number of aromatic nitrogens is 3. The van der Waals surface area contributed by atoms with Crippen LogP contribution in [0.5, 0.6) is 0 Å². The van der Waals surface area contributed by atoms with Crippen molar-refractivity contribution in [2.24, 2.45) is 0 Å². The van der Waals surface area contributed by atoms with Crippen LogP contribution in [0.2, 0.25) is 0 Å². The largest absolute Gasteiger partial charge is 0.339 e. The standard InChI is InChI=1S/C22H24N4O2/c1-2-16-5-7-18(8-6-16)22-24-20(28-25-22)9-10-21(27)26-15-3-4-19(26)17-11-13-23-14-12-17/h5-8,11-14,19H,2-4,9-10,15H2,1H3. The summed E-state index contributed by atoms with van der Waals surface area (Å²) in [6.07, 6.45) is 7.41. The lowest BCUT2D eigenvalue weighted by atomic mass is 10.1. The molecule has 0 radical (unpaired) electrons. The number of aryl methyl sites for hydroxylation is 2. The molecule has 6 heteroatoms. The summed E-state index contributed by atoms with van der Waals surface area (Å²) in [7, 11) is 0. The Balaban J connectivity index is 1.38. The molecule has 6 nitrogen and oxygen atoms in total. The van der Waals surface area contributed by atoms with Crippen molar-refractivity contribution in [2.45, 2.75) is 45.1 Å². The molecule has 144 valence electrons. The monoisotopic (exact) mass is 376 g/mol. The van der Waals surface area contributed by atoms with Gasteiger partial charge in [-0.15, -0.1) is 0 Å². The van der Waals surface area contributed by atoms with Crippen molar-refractivity contribution in [3.8, 4) is 11.4 Å². The normalized spacial score (nSPS) is 16.5. The van der Waals surface area contributed by atoms with Gasteiger partial charge < -0.3 is 9.42 Å². The first-order chi connectivity index (χ1) is 13.7. The third kappa shape index (κ3) is 3.96. The Kier molecular flexibility index (Phi) is 5.46. The second kappa shape index (κ2) is 8.33. The van der Waals surface area contributed by atoms with Crippen molar-refractivity contribution in [1.82, 2.24) is 20.0 Å². The van der Waals surface area contributed by atoms with E-state index in [0.29, 0.717) is 24.6 Å². The van der Waals surface area contributed by atoms with Crippen LogP contribution >= 0.6 is 0 Å². The minimum absolute atomic E-state index is 0.131. The van der Waals surface area contributed by atoms with Gasteiger partial charge in [0.1, 0.15) is 0 Å². The number of rotatable bonds is 6. The van der Waals surface area contributed by atoms with E-state index in [-0.39, 0.29) is 11.9 Å². The van der Waals surface area contributed by atoms with Gasteiger partial charge >= 0.3 is 0 Å². The van der Waals surface area contributed by atoms with E-state index in [1.165, 1.54) is 5.56 Å². The number of hydrogen-bond acceptors (Lipinski definition) is 5. The highest BCUT2D eigenvalue weighted by atomic mass is 16.5. The van der Waals surface area contributed by atoms with Gasteiger partial charge in [0, 0.05) is 37.3 Å². The number of carbonyl (C=O) groups is 1. The number of hydrogen-bond donors (Lipinski definition) is 0. The first-order valence-electron chi connectivity index (χ1n) is 9.86. The van der Waals surface area contributed by atoms with Crippen LogP contribution in [0.1, 0.15) is 49.2 Å². The van der Waals surface area contributed by atoms with Gasteiger partial charge in [0.15, 0.2) is 0 Å². The predicted octanol–water partition coefficient (Wildman–Crippen LogP) is 3.99. The van der Waals surface area contributed by atoms with Gasteiger partial charge in [-0.1, -0.05) is 36.3 Å². The summed E-state index contributed by atoms with van der Waals surface area (Å²) >= 11 is 0. The van der Waals surface area contributed by atoms with Gasteiger partial charge in [-0.05, 0) is 42.5 Å². The Labute approximate surface area is 164 Å². The van der Waals surface area contributed by atoms with E-state index < -0.39 is 0 Å². The molecule has 0 N–H and O–H groups in total. The summed E-state index contributed by atoms with van der Waals surface area (Å²) in [5, 5.41) is 4.06. The van der Waals surface area contributed by atoms with Gasteiger partial charge in [-0.2, -0.15) is 4.98 Å². The zero-order valence-corrected chi connectivity index (χ0v) is 16.0. The minimum atomic E-state index is 0.131. The van der Waals surface area contributed by atoms with Crippen molar-refractivity contribution in [1.29, 1.82) is 0 Å². The van der Waals surface area contributed by atoms with Crippen molar-refractivity contribution in [2.75, 3.05) is 6.54 Å². The number of benzene rings is 1. The first kappa shape index (κ1) is 18.3. The SMILES string of the molecule is CCc1ccc(-c2noc(CCC(=O)N3CCCC3c3ccncc3)n2)cc1. The van der Waals surface area contributed by atoms with Gasteiger partial charge in [0.25, 0.3) is 0 Å². The molecule has 0 saturated carbocycles. The zero-order chi connectivity index (χ0) is 19.3. The Hall–Kier alpha value is -3.02. The molecule has 1 aliphatic rings. The molecule has 1 atom stereocenters. The molecule has 4 rings (SSSR count). The average molecular weight is 376 g/mol. The van der Waals surface area contributed by atoms with Gasteiger partial charge in [0.05, 0.1) is 6.04 Å². The van der Waals surface area contributed by atoms with Crippen LogP contribution in [0.15, 0.2) is 53.3 Å². The highest BCUT2D eigenvalue weighted by molar-refractivity contribution is 5.77.